The van der Waals surface area contributed by atoms with Crippen molar-refractivity contribution in [1.29, 1.82) is 0 Å². The average Bonchev–Trinajstić information content (AvgIpc) is 3.64. The quantitative estimate of drug-likeness (QED) is 0.693. The Kier molecular flexibility index (Phi) is 3.45. The monoisotopic (exact) mass is 394 g/mol. The number of fused-ring (bicyclic) bond motifs is 9. The van der Waals surface area contributed by atoms with Gasteiger partial charge in [-0.1, -0.05) is 18.6 Å². The molecule has 0 radical (unpaired) electrons. The van der Waals surface area contributed by atoms with Crippen LogP contribution in [0, 0.1) is 52.8 Å². The summed E-state index contributed by atoms with van der Waals surface area (Å²) in [6.45, 7) is 2.39. The third-order valence-corrected chi connectivity index (χ3v) is 10.8. The molecule has 156 valence electrons. The largest absolute Gasteiger partial charge is 0.365 e. The third-order valence-electron chi connectivity index (χ3n) is 10.8. The third kappa shape index (κ3) is 2.10. The molecule has 10 atom stereocenters. The molecule has 0 aromatic rings. The molecule has 0 bridgehead atoms. The van der Waals surface area contributed by atoms with Gasteiger partial charge >= 0.3 is 0 Å². The molecule has 3 nitrogen and oxygen atoms in total. The van der Waals surface area contributed by atoms with Crippen molar-refractivity contribution in [2.45, 2.75) is 76.6 Å². The predicted octanol–water partition coefficient (Wildman–Crippen LogP) is 4.65. The van der Waals surface area contributed by atoms with Crippen LogP contribution in [0.1, 0.15) is 64.7 Å². The summed E-state index contributed by atoms with van der Waals surface area (Å²) in [5.41, 5.74) is 1.54. The summed E-state index contributed by atoms with van der Waals surface area (Å²) in [4.78, 5) is 12.2. The van der Waals surface area contributed by atoms with Crippen LogP contribution >= 0.6 is 0 Å². The lowest BCUT2D eigenvalue weighted by molar-refractivity contribution is -0.206. The number of carbonyl (C=O) groups is 1. The van der Waals surface area contributed by atoms with Gasteiger partial charge < -0.3 is 9.84 Å². The normalized spacial score (nSPS) is 57.2. The van der Waals surface area contributed by atoms with E-state index in [1.54, 1.807) is 0 Å². The zero-order valence-electron chi connectivity index (χ0n) is 17.6. The molecule has 1 heterocycles. The molecule has 1 spiro atoms. The number of ketones is 1. The van der Waals surface area contributed by atoms with Gasteiger partial charge in [0.1, 0.15) is 0 Å². The lowest BCUT2D eigenvalue weighted by Gasteiger charge is -2.60. The Bertz CT molecular complexity index is 824. The maximum absolute atomic E-state index is 12.2. The first kappa shape index (κ1) is 17.7. The van der Waals surface area contributed by atoms with Gasteiger partial charge in [0.05, 0.1) is 5.60 Å². The number of allylic oxidation sites excluding steroid dienone is 1. The van der Waals surface area contributed by atoms with Gasteiger partial charge in [0, 0.05) is 11.8 Å². The van der Waals surface area contributed by atoms with E-state index in [4.69, 9.17) is 4.74 Å². The molecule has 5 fully saturated rings. The minimum atomic E-state index is -0.708. The van der Waals surface area contributed by atoms with Crippen LogP contribution in [0.5, 0.6) is 0 Å². The van der Waals surface area contributed by atoms with Crippen molar-refractivity contribution in [3.05, 3.63) is 23.8 Å². The lowest BCUT2D eigenvalue weighted by Crippen LogP contribution is -2.58. The Hall–Kier alpha value is -0.930. The van der Waals surface area contributed by atoms with Crippen LogP contribution in [0.4, 0.5) is 0 Å². The second kappa shape index (κ2) is 5.65. The fourth-order valence-electron chi connectivity index (χ4n) is 9.77. The molecule has 0 amide bonds. The minimum Gasteiger partial charge on any atom is -0.365 e. The van der Waals surface area contributed by atoms with E-state index in [2.05, 4.69) is 19.1 Å². The van der Waals surface area contributed by atoms with Crippen molar-refractivity contribution in [2.24, 2.45) is 52.8 Å². The number of aliphatic hydroxyl groups excluding tert-OH is 1. The molecular formula is C26H34O3. The molecule has 1 N–H and O–H groups in total. The number of carbonyl (C=O) groups excluding carboxylic acids is 1. The molecule has 1 aliphatic heterocycles. The van der Waals surface area contributed by atoms with Crippen LogP contribution in [0.25, 0.3) is 0 Å². The molecule has 0 aromatic heterocycles. The fourth-order valence-corrected chi connectivity index (χ4v) is 9.77. The van der Waals surface area contributed by atoms with Crippen LogP contribution in [-0.4, -0.2) is 22.8 Å². The molecule has 7 aliphatic rings. The van der Waals surface area contributed by atoms with Gasteiger partial charge in [-0.3, -0.25) is 4.79 Å². The number of hydrogen-bond acceptors (Lipinski definition) is 3. The summed E-state index contributed by atoms with van der Waals surface area (Å²) in [5, 5.41) is 10.3. The van der Waals surface area contributed by atoms with Crippen LogP contribution in [0.2, 0.25) is 0 Å². The van der Waals surface area contributed by atoms with Gasteiger partial charge in [-0.05, 0) is 111 Å². The highest BCUT2D eigenvalue weighted by Gasteiger charge is 2.78. The first-order valence-electron chi connectivity index (χ1n) is 12.4. The van der Waals surface area contributed by atoms with Crippen molar-refractivity contribution in [1.82, 2.24) is 0 Å². The summed E-state index contributed by atoms with van der Waals surface area (Å²) in [6, 6.07) is 0. The number of hydrogen-bond donors (Lipinski definition) is 1. The number of aliphatic hydroxyl groups is 1. The lowest BCUT2D eigenvalue weighted by atomic mass is 9.45. The maximum Gasteiger partial charge on any atom is 0.175 e. The zero-order chi connectivity index (χ0) is 19.5. The van der Waals surface area contributed by atoms with Crippen LogP contribution in [0.15, 0.2) is 23.8 Å². The van der Waals surface area contributed by atoms with E-state index in [9.17, 15) is 9.90 Å². The SMILES string of the molecule is CC[C@]12CCC3C(C1[C@H]1C[C@H]1[C@@]21C=CC(O)O1)[C@H](C1CC1)CC1=CC(=O)CC[C@@H]13. The standard InChI is InChI=1S/C26H34O3/c1-2-25-9-7-18-17-6-5-16(27)11-15(17)12-19(14-3-4-14)23(18)24(25)20-13-21(20)26(25)10-8-22(28)29-26/h8,10-11,14,17-24,28H,2-7,9,12-13H2,1H3/t17-,18?,19-,20-,21+,22?,23?,24?,25-,26-/m0/s1. The first-order valence-corrected chi connectivity index (χ1v) is 12.4. The Morgan fingerprint density at radius 2 is 2.03 bits per heavy atom. The highest BCUT2D eigenvalue weighted by molar-refractivity contribution is 5.91. The van der Waals surface area contributed by atoms with Crippen molar-refractivity contribution in [3.8, 4) is 0 Å². The van der Waals surface area contributed by atoms with Crippen molar-refractivity contribution in [3.63, 3.8) is 0 Å². The first-order chi connectivity index (χ1) is 14.1. The Morgan fingerprint density at radius 3 is 2.76 bits per heavy atom. The van der Waals surface area contributed by atoms with E-state index in [0.29, 0.717) is 17.6 Å². The van der Waals surface area contributed by atoms with Gasteiger partial charge in [-0.25, -0.2) is 0 Å². The summed E-state index contributed by atoms with van der Waals surface area (Å²) < 4.78 is 6.43. The van der Waals surface area contributed by atoms with Crippen molar-refractivity contribution >= 4 is 5.78 Å². The van der Waals surface area contributed by atoms with E-state index in [1.165, 1.54) is 50.5 Å². The van der Waals surface area contributed by atoms with Crippen LogP contribution < -0.4 is 0 Å². The second-order valence-electron chi connectivity index (χ2n) is 11.5. The van der Waals surface area contributed by atoms with Gasteiger partial charge in [0.2, 0.25) is 0 Å². The maximum atomic E-state index is 12.2. The van der Waals surface area contributed by atoms with Gasteiger partial charge in [0.25, 0.3) is 0 Å². The summed E-state index contributed by atoms with van der Waals surface area (Å²) in [5.74, 6) is 6.52. The topological polar surface area (TPSA) is 46.5 Å². The van der Waals surface area contributed by atoms with E-state index in [0.717, 1.165) is 48.3 Å². The average molecular weight is 395 g/mol. The Labute approximate surface area is 174 Å². The Balaban J connectivity index is 1.33. The molecule has 5 saturated carbocycles. The molecule has 6 aliphatic carbocycles. The molecule has 7 rings (SSSR count). The van der Waals surface area contributed by atoms with Crippen molar-refractivity contribution < 1.29 is 14.6 Å². The van der Waals surface area contributed by atoms with E-state index >= 15 is 0 Å². The van der Waals surface area contributed by atoms with Crippen LogP contribution in [-0.2, 0) is 9.53 Å². The van der Waals surface area contributed by atoms with Crippen LogP contribution in [0.3, 0.4) is 0 Å². The smallest absolute Gasteiger partial charge is 0.175 e. The summed E-state index contributed by atoms with van der Waals surface area (Å²) in [7, 11) is 0. The molecule has 0 aromatic carbocycles. The fraction of sp³-hybridized carbons (Fsp3) is 0.808. The van der Waals surface area contributed by atoms with Gasteiger partial charge in [0.15, 0.2) is 12.1 Å². The van der Waals surface area contributed by atoms with E-state index in [1.807, 2.05) is 6.08 Å². The molecular weight excluding hydrogens is 360 g/mol. The Morgan fingerprint density at radius 1 is 1.17 bits per heavy atom. The van der Waals surface area contributed by atoms with Gasteiger partial charge in [-0.15, -0.1) is 0 Å². The summed E-state index contributed by atoms with van der Waals surface area (Å²) >= 11 is 0. The van der Waals surface area contributed by atoms with Gasteiger partial charge in [-0.2, -0.15) is 0 Å². The summed E-state index contributed by atoms with van der Waals surface area (Å²) in [6.07, 6.45) is 16.5. The minimum absolute atomic E-state index is 0.200. The highest BCUT2D eigenvalue weighted by atomic mass is 16.6. The molecule has 29 heavy (non-hydrogen) atoms. The number of rotatable bonds is 2. The molecule has 4 unspecified atom stereocenters. The molecule has 0 saturated heterocycles. The van der Waals surface area contributed by atoms with Crippen molar-refractivity contribution in [2.75, 3.05) is 0 Å². The van der Waals surface area contributed by atoms with E-state index < -0.39 is 6.29 Å². The zero-order valence-corrected chi connectivity index (χ0v) is 17.6. The predicted molar refractivity (Wildman–Crippen MR) is 110 cm³/mol. The highest BCUT2D eigenvalue weighted by Crippen LogP contribution is 2.79. The number of ether oxygens (including phenoxy) is 1. The molecule has 3 heteroatoms. The van der Waals surface area contributed by atoms with E-state index in [-0.39, 0.29) is 11.0 Å². The second-order valence-corrected chi connectivity index (χ2v) is 11.5.